The van der Waals surface area contributed by atoms with Gasteiger partial charge in [0.1, 0.15) is 0 Å². The Kier molecular flexibility index (Phi) is 4.38. The fourth-order valence-electron chi connectivity index (χ4n) is 2.56. The monoisotopic (exact) mass is 345 g/mol. The number of nitrogens with one attached hydrogen (secondary N) is 1. The molecule has 0 aromatic heterocycles. The molecule has 0 aliphatic heterocycles. The number of hydrogen-bond donors (Lipinski definition) is 1. The molecule has 3 nitrogen and oxygen atoms in total. The Morgan fingerprint density at radius 2 is 1.95 bits per heavy atom. The number of sulfonamides is 1. The highest BCUT2D eigenvalue weighted by Gasteiger charge is 2.37. The second kappa shape index (κ2) is 5.54. The van der Waals surface area contributed by atoms with E-state index in [1.54, 1.807) is 12.1 Å². The lowest BCUT2D eigenvalue weighted by Gasteiger charge is -2.27. The zero-order valence-corrected chi connectivity index (χ0v) is 13.7. The Morgan fingerprint density at radius 1 is 1.32 bits per heavy atom. The minimum atomic E-state index is -3.41. The largest absolute Gasteiger partial charge is 0.240 e. The van der Waals surface area contributed by atoms with E-state index in [0.29, 0.717) is 4.90 Å². The van der Waals surface area contributed by atoms with E-state index in [-0.39, 0.29) is 11.5 Å². The van der Waals surface area contributed by atoms with Crippen LogP contribution < -0.4 is 4.72 Å². The van der Waals surface area contributed by atoms with Crippen LogP contribution in [0.25, 0.3) is 0 Å². The summed E-state index contributed by atoms with van der Waals surface area (Å²) in [6.07, 6.45) is 3.08. The maximum absolute atomic E-state index is 12.4. The third-order valence-corrected chi connectivity index (χ3v) is 6.08. The van der Waals surface area contributed by atoms with E-state index in [2.05, 4.69) is 34.5 Å². The smallest absolute Gasteiger partial charge is 0.208 e. The molecule has 106 valence electrons. The van der Waals surface area contributed by atoms with Crippen LogP contribution in [-0.4, -0.2) is 14.5 Å². The standard InChI is InChI=1S/C14H20BrNO2S/c1-14(2)9-3-4-13(14)16-19(17,18)12-7-5-11(10-15)6-8-12/h5-8,13,16H,3-4,9-10H2,1-2H3. The highest BCUT2D eigenvalue weighted by molar-refractivity contribution is 9.08. The molecular weight excluding hydrogens is 326 g/mol. The third-order valence-electron chi connectivity index (χ3n) is 3.94. The van der Waals surface area contributed by atoms with Crippen LogP contribution in [-0.2, 0) is 15.4 Å². The van der Waals surface area contributed by atoms with Gasteiger partial charge in [0, 0.05) is 11.4 Å². The fraction of sp³-hybridized carbons (Fsp3) is 0.571. The van der Waals surface area contributed by atoms with Gasteiger partial charge in [-0.05, 0) is 36.0 Å². The number of benzene rings is 1. The Bertz CT molecular complexity index is 537. The molecule has 0 amide bonds. The van der Waals surface area contributed by atoms with Gasteiger partial charge in [-0.15, -0.1) is 0 Å². The lowest BCUT2D eigenvalue weighted by Crippen LogP contribution is -2.41. The van der Waals surface area contributed by atoms with Gasteiger partial charge in [0.05, 0.1) is 4.90 Å². The maximum Gasteiger partial charge on any atom is 0.240 e. The molecule has 5 heteroatoms. The van der Waals surface area contributed by atoms with Gasteiger partial charge in [-0.25, -0.2) is 13.1 Å². The Hall–Kier alpha value is -0.390. The van der Waals surface area contributed by atoms with Crippen molar-refractivity contribution in [3.8, 4) is 0 Å². The summed E-state index contributed by atoms with van der Waals surface area (Å²) < 4.78 is 27.6. The van der Waals surface area contributed by atoms with Crippen molar-refractivity contribution in [1.29, 1.82) is 0 Å². The predicted octanol–water partition coefficient (Wildman–Crippen LogP) is 3.44. The minimum Gasteiger partial charge on any atom is -0.208 e. The zero-order chi connectivity index (χ0) is 14.1. The van der Waals surface area contributed by atoms with E-state index < -0.39 is 10.0 Å². The summed E-state index contributed by atoms with van der Waals surface area (Å²) in [6, 6.07) is 7.04. The highest BCUT2D eigenvalue weighted by Crippen LogP contribution is 2.37. The lowest BCUT2D eigenvalue weighted by atomic mass is 9.88. The number of halogens is 1. The molecule has 0 radical (unpaired) electrons. The average Bonchev–Trinajstić information content (AvgIpc) is 2.68. The summed E-state index contributed by atoms with van der Waals surface area (Å²) >= 11 is 3.35. The highest BCUT2D eigenvalue weighted by atomic mass is 79.9. The minimum absolute atomic E-state index is 0.0355. The Balaban J connectivity index is 2.18. The second-order valence-electron chi connectivity index (χ2n) is 5.83. The quantitative estimate of drug-likeness (QED) is 0.849. The van der Waals surface area contributed by atoms with Crippen molar-refractivity contribution in [3.63, 3.8) is 0 Å². The van der Waals surface area contributed by atoms with Gasteiger partial charge in [0.25, 0.3) is 0 Å². The van der Waals surface area contributed by atoms with Crippen LogP contribution in [0.15, 0.2) is 29.2 Å². The first-order valence-electron chi connectivity index (χ1n) is 6.52. The molecule has 0 saturated heterocycles. The van der Waals surface area contributed by atoms with Crippen molar-refractivity contribution in [1.82, 2.24) is 4.72 Å². The molecule has 0 heterocycles. The van der Waals surface area contributed by atoms with Crippen molar-refractivity contribution < 1.29 is 8.42 Å². The van der Waals surface area contributed by atoms with Gasteiger partial charge in [0.15, 0.2) is 0 Å². The van der Waals surface area contributed by atoms with Crippen LogP contribution in [0.2, 0.25) is 0 Å². The van der Waals surface area contributed by atoms with Crippen LogP contribution in [0.3, 0.4) is 0 Å². The second-order valence-corrected chi connectivity index (χ2v) is 8.11. The first kappa shape index (κ1) is 15.0. The molecule has 0 spiro atoms. The van der Waals surface area contributed by atoms with Gasteiger partial charge in [-0.2, -0.15) is 0 Å². The molecule has 1 aromatic rings. The normalized spacial score (nSPS) is 22.6. The van der Waals surface area contributed by atoms with Crippen molar-refractivity contribution >= 4 is 26.0 Å². The maximum atomic E-state index is 12.4. The van der Waals surface area contributed by atoms with Gasteiger partial charge in [0.2, 0.25) is 10.0 Å². The lowest BCUT2D eigenvalue weighted by molar-refractivity contribution is 0.313. The summed E-state index contributed by atoms with van der Waals surface area (Å²) in [7, 11) is -3.41. The van der Waals surface area contributed by atoms with E-state index in [9.17, 15) is 8.42 Å². The van der Waals surface area contributed by atoms with E-state index in [1.807, 2.05) is 12.1 Å². The SMILES string of the molecule is CC1(C)CCCC1NS(=O)(=O)c1ccc(CBr)cc1. The molecule has 1 aliphatic rings. The molecule has 1 fully saturated rings. The molecule has 1 atom stereocenters. The van der Waals surface area contributed by atoms with Gasteiger partial charge >= 0.3 is 0 Å². The van der Waals surface area contributed by atoms with Gasteiger partial charge in [-0.1, -0.05) is 48.3 Å². The molecule has 1 N–H and O–H groups in total. The van der Waals surface area contributed by atoms with Crippen molar-refractivity contribution in [2.75, 3.05) is 0 Å². The van der Waals surface area contributed by atoms with Gasteiger partial charge < -0.3 is 0 Å². The van der Waals surface area contributed by atoms with Crippen LogP contribution in [0.5, 0.6) is 0 Å². The van der Waals surface area contributed by atoms with Gasteiger partial charge in [-0.3, -0.25) is 0 Å². The first-order valence-corrected chi connectivity index (χ1v) is 9.13. The topological polar surface area (TPSA) is 46.2 Å². The zero-order valence-electron chi connectivity index (χ0n) is 11.3. The molecule has 1 aromatic carbocycles. The molecule has 1 saturated carbocycles. The molecule has 1 aliphatic carbocycles. The van der Waals surface area contributed by atoms with E-state index in [1.165, 1.54) is 0 Å². The van der Waals surface area contributed by atoms with E-state index in [0.717, 1.165) is 30.2 Å². The summed E-state index contributed by atoms with van der Waals surface area (Å²) in [6.45, 7) is 4.25. The van der Waals surface area contributed by atoms with Crippen LogP contribution in [0, 0.1) is 5.41 Å². The molecular formula is C14H20BrNO2S. The van der Waals surface area contributed by atoms with Crippen molar-refractivity contribution in [2.24, 2.45) is 5.41 Å². The van der Waals surface area contributed by atoms with Crippen molar-refractivity contribution in [2.45, 2.75) is 49.4 Å². The summed E-state index contributed by atoms with van der Waals surface area (Å²) in [5.74, 6) is 0. The predicted molar refractivity (Wildman–Crippen MR) is 80.8 cm³/mol. The number of alkyl halides is 1. The van der Waals surface area contributed by atoms with Crippen molar-refractivity contribution in [3.05, 3.63) is 29.8 Å². The molecule has 0 bridgehead atoms. The molecule has 2 rings (SSSR count). The number of hydrogen-bond acceptors (Lipinski definition) is 2. The summed E-state index contributed by atoms with van der Waals surface area (Å²) in [5, 5.41) is 0.733. The fourth-order valence-corrected chi connectivity index (χ4v) is 4.37. The molecule has 1 unspecified atom stereocenters. The van der Waals surface area contributed by atoms with E-state index in [4.69, 9.17) is 0 Å². The van der Waals surface area contributed by atoms with E-state index >= 15 is 0 Å². The number of rotatable bonds is 4. The first-order chi connectivity index (χ1) is 8.85. The Morgan fingerprint density at radius 3 is 2.42 bits per heavy atom. The Labute approximate surface area is 124 Å². The van der Waals surface area contributed by atoms with Crippen LogP contribution in [0.4, 0.5) is 0 Å². The average molecular weight is 346 g/mol. The third kappa shape index (κ3) is 3.38. The van der Waals surface area contributed by atoms with Crippen LogP contribution >= 0.6 is 15.9 Å². The van der Waals surface area contributed by atoms with Crippen LogP contribution in [0.1, 0.15) is 38.7 Å². The molecule has 19 heavy (non-hydrogen) atoms. The summed E-state index contributed by atoms with van der Waals surface area (Å²) in [4.78, 5) is 0.347. The summed E-state index contributed by atoms with van der Waals surface area (Å²) in [5.41, 5.74) is 1.11.